The standard InChI is InChI=1S/C21H27N3O2S/c1-16-4-2-3-10-24(16)14-18-7-5-17(6-8-18)12-22-20(25)13-23-21(26)19-9-11-27-15-19/h5-9,11,15-16H,2-4,10,12-14H2,1H3,(H,22,25)(H,23,26). The lowest BCUT2D eigenvalue weighted by Gasteiger charge is -2.33. The van der Waals surface area contributed by atoms with Crippen LogP contribution in [0.3, 0.4) is 0 Å². The van der Waals surface area contributed by atoms with Gasteiger partial charge in [0.2, 0.25) is 5.91 Å². The van der Waals surface area contributed by atoms with Crippen molar-refractivity contribution < 1.29 is 9.59 Å². The molecule has 5 nitrogen and oxygen atoms in total. The van der Waals surface area contributed by atoms with Crippen LogP contribution in [0.15, 0.2) is 41.1 Å². The molecule has 0 bridgehead atoms. The second kappa shape index (κ2) is 9.67. The van der Waals surface area contributed by atoms with Gasteiger partial charge in [0.25, 0.3) is 5.91 Å². The molecule has 0 radical (unpaired) electrons. The molecule has 1 unspecified atom stereocenters. The first kappa shape index (κ1) is 19.6. The lowest BCUT2D eigenvalue weighted by Crippen LogP contribution is -2.36. The van der Waals surface area contributed by atoms with E-state index in [1.54, 1.807) is 11.4 Å². The summed E-state index contributed by atoms with van der Waals surface area (Å²) >= 11 is 1.46. The van der Waals surface area contributed by atoms with E-state index in [0.717, 1.165) is 12.1 Å². The van der Waals surface area contributed by atoms with Crippen LogP contribution in [0, 0.1) is 0 Å². The van der Waals surface area contributed by atoms with Crippen molar-refractivity contribution in [2.75, 3.05) is 13.1 Å². The number of hydrogen-bond acceptors (Lipinski definition) is 4. The highest BCUT2D eigenvalue weighted by Gasteiger charge is 2.17. The van der Waals surface area contributed by atoms with Gasteiger partial charge in [0, 0.05) is 30.1 Å². The number of nitrogens with one attached hydrogen (secondary N) is 2. The Kier molecular flexibility index (Phi) is 7.01. The molecule has 2 amide bonds. The molecule has 1 saturated heterocycles. The molecule has 0 aliphatic carbocycles. The molecule has 27 heavy (non-hydrogen) atoms. The summed E-state index contributed by atoms with van der Waals surface area (Å²) in [7, 11) is 0. The molecule has 1 fully saturated rings. The number of carbonyl (C=O) groups excluding carboxylic acids is 2. The van der Waals surface area contributed by atoms with Gasteiger partial charge in [-0.15, -0.1) is 0 Å². The minimum absolute atomic E-state index is 0.0143. The average Bonchev–Trinajstić information content (AvgIpc) is 3.22. The quantitative estimate of drug-likeness (QED) is 0.770. The summed E-state index contributed by atoms with van der Waals surface area (Å²) in [6.07, 6.45) is 3.91. The molecule has 3 rings (SSSR count). The molecule has 1 atom stereocenters. The number of likely N-dealkylation sites (tertiary alicyclic amines) is 1. The molecule has 2 N–H and O–H groups in total. The van der Waals surface area contributed by atoms with Crippen LogP contribution in [0.5, 0.6) is 0 Å². The van der Waals surface area contributed by atoms with Gasteiger partial charge in [-0.2, -0.15) is 11.3 Å². The Balaban J connectivity index is 1.40. The van der Waals surface area contributed by atoms with Crippen molar-refractivity contribution in [3.63, 3.8) is 0 Å². The van der Waals surface area contributed by atoms with Crippen molar-refractivity contribution in [2.24, 2.45) is 0 Å². The Morgan fingerprint density at radius 1 is 1.11 bits per heavy atom. The lowest BCUT2D eigenvalue weighted by molar-refractivity contribution is -0.120. The van der Waals surface area contributed by atoms with Crippen LogP contribution >= 0.6 is 11.3 Å². The van der Waals surface area contributed by atoms with E-state index >= 15 is 0 Å². The predicted octanol–water partition coefficient (Wildman–Crippen LogP) is 3.17. The van der Waals surface area contributed by atoms with Crippen molar-refractivity contribution in [2.45, 2.75) is 45.3 Å². The minimum atomic E-state index is -0.220. The summed E-state index contributed by atoms with van der Waals surface area (Å²) in [5.74, 6) is -0.410. The summed E-state index contributed by atoms with van der Waals surface area (Å²) < 4.78 is 0. The fraction of sp³-hybridized carbons (Fsp3) is 0.429. The van der Waals surface area contributed by atoms with Gasteiger partial charge in [0.1, 0.15) is 0 Å². The fourth-order valence-electron chi connectivity index (χ4n) is 3.31. The number of carbonyl (C=O) groups is 2. The summed E-state index contributed by atoms with van der Waals surface area (Å²) in [6, 6.07) is 10.8. The molecule has 2 heterocycles. The van der Waals surface area contributed by atoms with Crippen LogP contribution in [-0.2, 0) is 17.9 Å². The molecule has 0 spiro atoms. The number of rotatable bonds is 7. The summed E-state index contributed by atoms with van der Waals surface area (Å²) in [4.78, 5) is 26.3. The first-order chi connectivity index (χ1) is 13.1. The maximum atomic E-state index is 11.9. The summed E-state index contributed by atoms with van der Waals surface area (Å²) in [6.45, 7) is 4.92. The third-order valence-electron chi connectivity index (χ3n) is 5.03. The number of piperidine rings is 1. The topological polar surface area (TPSA) is 61.4 Å². The molecular formula is C21H27N3O2S. The zero-order valence-corrected chi connectivity index (χ0v) is 16.6. The molecular weight excluding hydrogens is 358 g/mol. The average molecular weight is 386 g/mol. The molecule has 144 valence electrons. The van der Waals surface area contributed by atoms with E-state index in [0.29, 0.717) is 18.2 Å². The van der Waals surface area contributed by atoms with Crippen LogP contribution in [0.1, 0.15) is 47.7 Å². The van der Waals surface area contributed by atoms with Gasteiger partial charge in [-0.3, -0.25) is 14.5 Å². The molecule has 0 saturated carbocycles. The molecule has 1 aromatic heterocycles. The van der Waals surface area contributed by atoms with Gasteiger partial charge < -0.3 is 10.6 Å². The number of benzene rings is 1. The Morgan fingerprint density at radius 2 is 1.89 bits per heavy atom. The predicted molar refractivity (Wildman–Crippen MR) is 109 cm³/mol. The van der Waals surface area contributed by atoms with Crippen molar-refractivity contribution >= 4 is 23.2 Å². The van der Waals surface area contributed by atoms with E-state index in [-0.39, 0.29) is 18.4 Å². The second-order valence-corrected chi connectivity index (χ2v) is 7.88. The second-order valence-electron chi connectivity index (χ2n) is 7.10. The van der Waals surface area contributed by atoms with Gasteiger partial charge in [0.15, 0.2) is 0 Å². The molecule has 1 aromatic carbocycles. The van der Waals surface area contributed by atoms with Crippen molar-refractivity contribution in [1.29, 1.82) is 0 Å². The number of hydrogen-bond donors (Lipinski definition) is 2. The van der Waals surface area contributed by atoms with E-state index in [1.165, 1.54) is 42.7 Å². The Morgan fingerprint density at radius 3 is 2.59 bits per heavy atom. The maximum absolute atomic E-state index is 11.9. The fourth-order valence-corrected chi connectivity index (χ4v) is 3.94. The van der Waals surface area contributed by atoms with Crippen LogP contribution < -0.4 is 10.6 Å². The van der Waals surface area contributed by atoms with Crippen molar-refractivity contribution in [3.8, 4) is 0 Å². The van der Waals surface area contributed by atoms with Crippen LogP contribution in [0.2, 0.25) is 0 Å². The lowest BCUT2D eigenvalue weighted by atomic mass is 10.0. The minimum Gasteiger partial charge on any atom is -0.350 e. The smallest absolute Gasteiger partial charge is 0.252 e. The maximum Gasteiger partial charge on any atom is 0.252 e. The third kappa shape index (κ3) is 5.91. The Labute approximate surface area is 164 Å². The summed E-state index contributed by atoms with van der Waals surface area (Å²) in [5.41, 5.74) is 2.95. The Bertz CT molecular complexity index is 743. The van der Waals surface area contributed by atoms with Crippen LogP contribution in [0.4, 0.5) is 0 Å². The highest BCUT2D eigenvalue weighted by molar-refractivity contribution is 7.08. The van der Waals surface area contributed by atoms with E-state index in [9.17, 15) is 9.59 Å². The number of nitrogens with zero attached hydrogens (tertiary/aromatic N) is 1. The van der Waals surface area contributed by atoms with Gasteiger partial charge in [-0.05, 0) is 48.9 Å². The normalized spacial score (nSPS) is 17.4. The van der Waals surface area contributed by atoms with Crippen LogP contribution in [-0.4, -0.2) is 35.8 Å². The van der Waals surface area contributed by atoms with Crippen molar-refractivity contribution in [3.05, 3.63) is 57.8 Å². The molecule has 1 aliphatic heterocycles. The summed E-state index contributed by atoms with van der Waals surface area (Å²) in [5, 5.41) is 9.08. The highest BCUT2D eigenvalue weighted by atomic mass is 32.1. The molecule has 2 aromatic rings. The monoisotopic (exact) mass is 385 g/mol. The van der Waals surface area contributed by atoms with E-state index in [1.807, 2.05) is 5.38 Å². The number of amides is 2. The van der Waals surface area contributed by atoms with E-state index < -0.39 is 0 Å². The van der Waals surface area contributed by atoms with Gasteiger partial charge in [-0.1, -0.05) is 30.7 Å². The SMILES string of the molecule is CC1CCCCN1Cc1ccc(CNC(=O)CNC(=O)c2ccsc2)cc1. The number of thiophene rings is 1. The van der Waals surface area contributed by atoms with Crippen LogP contribution in [0.25, 0.3) is 0 Å². The van der Waals surface area contributed by atoms with Gasteiger partial charge in [0.05, 0.1) is 6.54 Å². The molecule has 6 heteroatoms. The highest BCUT2D eigenvalue weighted by Crippen LogP contribution is 2.19. The molecule has 1 aliphatic rings. The van der Waals surface area contributed by atoms with Gasteiger partial charge in [-0.25, -0.2) is 0 Å². The van der Waals surface area contributed by atoms with Gasteiger partial charge >= 0.3 is 0 Å². The first-order valence-corrected chi connectivity index (χ1v) is 10.4. The van der Waals surface area contributed by atoms with E-state index in [2.05, 4.69) is 46.7 Å². The zero-order chi connectivity index (χ0) is 19.1. The third-order valence-corrected chi connectivity index (χ3v) is 5.71. The Hall–Kier alpha value is -2.18. The largest absolute Gasteiger partial charge is 0.350 e. The first-order valence-electron chi connectivity index (χ1n) is 9.51. The zero-order valence-electron chi connectivity index (χ0n) is 15.7. The van der Waals surface area contributed by atoms with Crippen molar-refractivity contribution in [1.82, 2.24) is 15.5 Å². The van der Waals surface area contributed by atoms with E-state index in [4.69, 9.17) is 0 Å².